The van der Waals surface area contributed by atoms with Gasteiger partial charge in [-0.1, -0.05) is 0 Å². The lowest BCUT2D eigenvalue weighted by atomic mass is 10.1. The SMILES string of the molecule is CCOc1ccc(Nc2sc(C(=O)c3ccc(OC)cc3)c(N)c2C#N)cc1. The Morgan fingerprint density at radius 2 is 1.79 bits per heavy atom. The molecule has 3 aromatic rings. The van der Waals surface area contributed by atoms with Gasteiger partial charge in [-0.2, -0.15) is 5.26 Å². The van der Waals surface area contributed by atoms with Crippen LogP contribution in [0.15, 0.2) is 48.5 Å². The Kier molecular flexibility index (Phi) is 5.82. The van der Waals surface area contributed by atoms with E-state index in [1.165, 1.54) is 0 Å². The molecule has 6 nitrogen and oxygen atoms in total. The fourth-order valence-corrected chi connectivity index (χ4v) is 3.67. The molecule has 7 heteroatoms. The van der Waals surface area contributed by atoms with Gasteiger partial charge in [0.15, 0.2) is 0 Å². The highest BCUT2D eigenvalue weighted by Crippen LogP contribution is 2.38. The predicted octanol–water partition coefficient (Wildman–Crippen LogP) is 4.58. The van der Waals surface area contributed by atoms with Gasteiger partial charge in [-0.3, -0.25) is 4.79 Å². The smallest absolute Gasteiger partial charge is 0.205 e. The van der Waals surface area contributed by atoms with E-state index in [1.54, 1.807) is 31.4 Å². The van der Waals surface area contributed by atoms with Crippen LogP contribution in [-0.2, 0) is 0 Å². The lowest BCUT2D eigenvalue weighted by molar-refractivity contribution is 0.104. The van der Waals surface area contributed by atoms with Crippen molar-refractivity contribution in [3.05, 3.63) is 64.5 Å². The Morgan fingerprint density at radius 1 is 1.14 bits per heavy atom. The second-order valence-corrected chi connectivity index (χ2v) is 6.82. The van der Waals surface area contributed by atoms with Gasteiger partial charge in [0.1, 0.15) is 33.0 Å². The number of ether oxygens (including phenoxy) is 2. The molecule has 1 heterocycles. The van der Waals surface area contributed by atoms with Gasteiger partial charge >= 0.3 is 0 Å². The van der Waals surface area contributed by atoms with Crippen molar-refractivity contribution in [2.45, 2.75) is 6.92 Å². The average molecular weight is 393 g/mol. The molecule has 142 valence electrons. The molecule has 0 saturated heterocycles. The van der Waals surface area contributed by atoms with Gasteiger partial charge in [-0.25, -0.2) is 0 Å². The molecule has 0 unspecified atom stereocenters. The Labute approximate surface area is 167 Å². The Bertz CT molecular complexity index is 1020. The second kappa shape index (κ2) is 8.46. The van der Waals surface area contributed by atoms with E-state index in [9.17, 15) is 10.1 Å². The van der Waals surface area contributed by atoms with Gasteiger partial charge < -0.3 is 20.5 Å². The number of thiophene rings is 1. The summed E-state index contributed by atoms with van der Waals surface area (Å²) in [6.07, 6.45) is 0. The van der Waals surface area contributed by atoms with Crippen molar-refractivity contribution in [3.63, 3.8) is 0 Å². The maximum absolute atomic E-state index is 12.9. The molecule has 3 N–H and O–H groups in total. The molecule has 0 fully saturated rings. The van der Waals surface area contributed by atoms with Crippen molar-refractivity contribution in [1.29, 1.82) is 5.26 Å². The fraction of sp³-hybridized carbons (Fsp3) is 0.143. The molecule has 3 rings (SSSR count). The Hall–Kier alpha value is -3.50. The molecule has 0 bridgehead atoms. The van der Waals surface area contributed by atoms with Crippen molar-refractivity contribution in [2.24, 2.45) is 0 Å². The summed E-state index contributed by atoms with van der Waals surface area (Å²) >= 11 is 1.16. The summed E-state index contributed by atoms with van der Waals surface area (Å²) in [6, 6.07) is 16.2. The highest BCUT2D eigenvalue weighted by atomic mass is 32.1. The topological polar surface area (TPSA) is 97.4 Å². The third-order valence-electron chi connectivity index (χ3n) is 4.04. The van der Waals surface area contributed by atoms with E-state index in [-0.39, 0.29) is 17.0 Å². The summed E-state index contributed by atoms with van der Waals surface area (Å²) in [7, 11) is 1.56. The fourth-order valence-electron chi connectivity index (χ4n) is 2.62. The number of ketones is 1. The van der Waals surface area contributed by atoms with E-state index in [2.05, 4.69) is 11.4 Å². The monoisotopic (exact) mass is 393 g/mol. The summed E-state index contributed by atoms with van der Waals surface area (Å²) in [5, 5.41) is 13.2. The average Bonchev–Trinajstić information content (AvgIpc) is 3.04. The number of anilines is 3. The minimum atomic E-state index is -0.235. The molecule has 0 amide bonds. The number of carbonyl (C=O) groups excluding carboxylic acids is 1. The molecular formula is C21H19N3O3S. The maximum Gasteiger partial charge on any atom is 0.205 e. The van der Waals surface area contributed by atoms with Crippen LogP contribution in [0, 0.1) is 11.3 Å². The molecule has 0 aliphatic rings. The van der Waals surface area contributed by atoms with Crippen molar-refractivity contribution >= 4 is 33.5 Å². The zero-order valence-corrected chi connectivity index (χ0v) is 16.3. The number of rotatable bonds is 7. The van der Waals surface area contributed by atoms with Gasteiger partial charge in [-0.05, 0) is 55.5 Å². The molecule has 0 aliphatic carbocycles. The van der Waals surface area contributed by atoms with Crippen molar-refractivity contribution < 1.29 is 14.3 Å². The number of nitrogens with one attached hydrogen (secondary N) is 1. The van der Waals surface area contributed by atoms with Crippen LogP contribution in [0.25, 0.3) is 0 Å². The van der Waals surface area contributed by atoms with Gasteiger partial charge in [-0.15, -0.1) is 11.3 Å². The van der Waals surface area contributed by atoms with Crippen molar-refractivity contribution in [3.8, 4) is 17.6 Å². The number of carbonyl (C=O) groups is 1. The number of methoxy groups -OCH3 is 1. The lowest BCUT2D eigenvalue weighted by Gasteiger charge is -2.06. The maximum atomic E-state index is 12.9. The first kappa shape index (κ1) is 19.3. The van der Waals surface area contributed by atoms with Crippen LogP contribution >= 0.6 is 11.3 Å². The standard InChI is InChI=1S/C21H19N3O3S/c1-3-27-16-10-6-14(7-11-16)24-21-17(12-22)18(23)20(28-21)19(25)13-4-8-15(26-2)9-5-13/h4-11,24H,3,23H2,1-2H3. The molecule has 2 aromatic carbocycles. The summed E-state index contributed by atoms with van der Waals surface area (Å²) in [5.41, 5.74) is 7.80. The molecular weight excluding hydrogens is 374 g/mol. The number of nitrogens with two attached hydrogens (primary N) is 1. The number of hydrogen-bond donors (Lipinski definition) is 2. The predicted molar refractivity (Wildman–Crippen MR) is 111 cm³/mol. The zero-order chi connectivity index (χ0) is 20.1. The zero-order valence-electron chi connectivity index (χ0n) is 15.5. The third kappa shape index (κ3) is 3.92. The molecule has 0 atom stereocenters. The highest BCUT2D eigenvalue weighted by molar-refractivity contribution is 7.19. The van der Waals surface area contributed by atoms with E-state index in [0.29, 0.717) is 27.8 Å². The van der Waals surface area contributed by atoms with Crippen LogP contribution in [-0.4, -0.2) is 19.5 Å². The van der Waals surface area contributed by atoms with Gasteiger partial charge in [0.05, 0.1) is 19.4 Å². The van der Waals surface area contributed by atoms with E-state index in [1.807, 2.05) is 31.2 Å². The Balaban J connectivity index is 1.89. The number of nitrogen functional groups attached to an aromatic ring is 1. The summed E-state index contributed by atoms with van der Waals surface area (Å²) in [6.45, 7) is 2.50. The molecule has 1 aromatic heterocycles. The van der Waals surface area contributed by atoms with Gasteiger partial charge in [0.2, 0.25) is 5.78 Å². The van der Waals surface area contributed by atoms with Gasteiger partial charge in [0, 0.05) is 11.3 Å². The number of nitriles is 1. The number of hydrogen-bond acceptors (Lipinski definition) is 7. The first-order chi connectivity index (χ1) is 13.6. The number of benzene rings is 2. The van der Waals surface area contributed by atoms with Crippen LogP contribution in [0.2, 0.25) is 0 Å². The van der Waals surface area contributed by atoms with E-state index in [0.717, 1.165) is 22.8 Å². The minimum absolute atomic E-state index is 0.182. The highest BCUT2D eigenvalue weighted by Gasteiger charge is 2.22. The first-order valence-electron chi connectivity index (χ1n) is 8.58. The molecule has 0 aliphatic heterocycles. The first-order valence-corrected chi connectivity index (χ1v) is 9.40. The van der Waals surface area contributed by atoms with Crippen molar-refractivity contribution in [1.82, 2.24) is 0 Å². The summed E-state index contributed by atoms with van der Waals surface area (Å²) < 4.78 is 10.5. The summed E-state index contributed by atoms with van der Waals surface area (Å²) in [5.74, 6) is 1.18. The van der Waals surface area contributed by atoms with Crippen LogP contribution in [0.5, 0.6) is 11.5 Å². The molecule has 0 radical (unpaired) electrons. The van der Waals surface area contributed by atoms with Crippen LogP contribution < -0.4 is 20.5 Å². The van der Waals surface area contributed by atoms with E-state index in [4.69, 9.17) is 15.2 Å². The molecule has 0 spiro atoms. The van der Waals surface area contributed by atoms with Crippen LogP contribution in [0.4, 0.5) is 16.4 Å². The summed E-state index contributed by atoms with van der Waals surface area (Å²) in [4.78, 5) is 13.2. The van der Waals surface area contributed by atoms with E-state index < -0.39 is 0 Å². The van der Waals surface area contributed by atoms with E-state index >= 15 is 0 Å². The molecule has 28 heavy (non-hydrogen) atoms. The van der Waals surface area contributed by atoms with Crippen LogP contribution in [0.1, 0.15) is 27.7 Å². The quantitative estimate of drug-likeness (QED) is 0.570. The normalized spacial score (nSPS) is 10.2. The van der Waals surface area contributed by atoms with Crippen LogP contribution in [0.3, 0.4) is 0 Å². The molecule has 0 saturated carbocycles. The Morgan fingerprint density at radius 3 is 2.36 bits per heavy atom. The third-order valence-corrected chi connectivity index (χ3v) is 5.16. The number of nitrogens with zero attached hydrogens (tertiary/aromatic N) is 1. The minimum Gasteiger partial charge on any atom is -0.497 e. The van der Waals surface area contributed by atoms with Gasteiger partial charge in [0.25, 0.3) is 0 Å². The van der Waals surface area contributed by atoms with Crippen molar-refractivity contribution in [2.75, 3.05) is 24.8 Å². The second-order valence-electron chi connectivity index (χ2n) is 5.80. The lowest BCUT2D eigenvalue weighted by Crippen LogP contribution is -2.02. The largest absolute Gasteiger partial charge is 0.497 e.